The minimum absolute atomic E-state index is 0.00702. The van der Waals surface area contributed by atoms with Gasteiger partial charge in [-0.05, 0) is 29.8 Å². The highest BCUT2D eigenvalue weighted by Gasteiger charge is 2.30. The summed E-state index contributed by atoms with van der Waals surface area (Å²) in [6.07, 6.45) is -4.41. The van der Waals surface area contributed by atoms with E-state index < -0.39 is 17.7 Å². The smallest absolute Gasteiger partial charge is 0.220 e. The second kappa shape index (κ2) is 5.29. The Morgan fingerprint density at radius 3 is 2.30 bits per heavy atom. The fourth-order valence-corrected chi connectivity index (χ4v) is 1.72. The summed E-state index contributed by atoms with van der Waals surface area (Å²) >= 11 is 0. The van der Waals surface area contributed by atoms with Gasteiger partial charge in [0.1, 0.15) is 0 Å². The zero-order valence-electron chi connectivity index (χ0n) is 10.1. The van der Waals surface area contributed by atoms with Gasteiger partial charge in [0, 0.05) is 5.56 Å². The molecule has 2 rings (SSSR count). The molecule has 0 bridgehead atoms. The summed E-state index contributed by atoms with van der Waals surface area (Å²) in [7, 11) is 0. The zero-order valence-corrected chi connectivity index (χ0v) is 10.1. The lowest BCUT2D eigenvalue weighted by atomic mass is 10.1. The predicted molar refractivity (Wildman–Crippen MR) is 64.0 cm³/mol. The van der Waals surface area contributed by atoms with Gasteiger partial charge in [-0.25, -0.2) is 4.98 Å². The molecule has 1 heterocycles. The third-order valence-corrected chi connectivity index (χ3v) is 2.65. The fraction of sp³-hybridized carbons (Fsp3) is 0.143. The summed E-state index contributed by atoms with van der Waals surface area (Å²) in [5, 5.41) is 8.58. The SMILES string of the molecule is N#CCc1cc(F)nc(-c2ccc(C(F)(F)F)cc2)c1. The molecule has 0 aliphatic heterocycles. The molecule has 0 saturated carbocycles. The molecule has 0 aliphatic carbocycles. The third kappa shape index (κ3) is 3.12. The molecule has 0 aliphatic rings. The number of benzene rings is 1. The van der Waals surface area contributed by atoms with Crippen molar-refractivity contribution < 1.29 is 17.6 Å². The number of halogens is 4. The monoisotopic (exact) mass is 280 g/mol. The van der Waals surface area contributed by atoms with Crippen molar-refractivity contribution in [3.63, 3.8) is 0 Å². The van der Waals surface area contributed by atoms with Crippen molar-refractivity contribution in [3.8, 4) is 17.3 Å². The van der Waals surface area contributed by atoms with Crippen molar-refractivity contribution >= 4 is 0 Å². The first-order valence-electron chi connectivity index (χ1n) is 5.61. The van der Waals surface area contributed by atoms with Gasteiger partial charge in [0.25, 0.3) is 0 Å². The fourth-order valence-electron chi connectivity index (χ4n) is 1.72. The number of pyridine rings is 1. The van der Waals surface area contributed by atoms with Gasteiger partial charge in [-0.1, -0.05) is 12.1 Å². The topological polar surface area (TPSA) is 36.7 Å². The van der Waals surface area contributed by atoms with Crippen LogP contribution in [0, 0.1) is 17.3 Å². The van der Waals surface area contributed by atoms with E-state index in [1.165, 1.54) is 18.2 Å². The van der Waals surface area contributed by atoms with Crippen LogP contribution in [0.4, 0.5) is 17.6 Å². The van der Waals surface area contributed by atoms with Gasteiger partial charge in [0.2, 0.25) is 5.95 Å². The maximum atomic E-state index is 13.3. The molecular weight excluding hydrogens is 272 g/mol. The Hall–Kier alpha value is -2.42. The van der Waals surface area contributed by atoms with Gasteiger partial charge in [-0.15, -0.1) is 0 Å². The van der Waals surface area contributed by atoms with E-state index in [2.05, 4.69) is 4.98 Å². The number of nitriles is 1. The lowest BCUT2D eigenvalue weighted by Crippen LogP contribution is -2.04. The maximum absolute atomic E-state index is 13.3. The van der Waals surface area contributed by atoms with E-state index in [1.54, 1.807) is 0 Å². The number of hydrogen-bond acceptors (Lipinski definition) is 2. The van der Waals surface area contributed by atoms with E-state index in [4.69, 9.17) is 5.26 Å². The maximum Gasteiger partial charge on any atom is 0.416 e. The largest absolute Gasteiger partial charge is 0.416 e. The second-order valence-electron chi connectivity index (χ2n) is 4.09. The van der Waals surface area contributed by atoms with Crippen molar-refractivity contribution in [2.45, 2.75) is 12.6 Å². The van der Waals surface area contributed by atoms with E-state index in [1.807, 2.05) is 6.07 Å². The molecule has 1 aromatic heterocycles. The number of aromatic nitrogens is 1. The van der Waals surface area contributed by atoms with Crippen LogP contribution in [0.3, 0.4) is 0 Å². The van der Waals surface area contributed by atoms with Gasteiger partial charge >= 0.3 is 6.18 Å². The summed E-state index contributed by atoms with van der Waals surface area (Å²) in [5.74, 6) is -0.771. The van der Waals surface area contributed by atoms with Crippen LogP contribution in [0.1, 0.15) is 11.1 Å². The third-order valence-electron chi connectivity index (χ3n) is 2.65. The summed E-state index contributed by atoms with van der Waals surface area (Å²) in [6, 6.07) is 8.74. The summed E-state index contributed by atoms with van der Waals surface area (Å²) < 4.78 is 50.6. The Morgan fingerprint density at radius 1 is 1.10 bits per heavy atom. The van der Waals surface area contributed by atoms with Gasteiger partial charge in [-0.3, -0.25) is 0 Å². The van der Waals surface area contributed by atoms with Crippen LogP contribution >= 0.6 is 0 Å². The number of hydrogen-bond donors (Lipinski definition) is 0. The minimum Gasteiger partial charge on any atom is -0.220 e. The van der Waals surface area contributed by atoms with Crippen LogP contribution < -0.4 is 0 Å². The van der Waals surface area contributed by atoms with Gasteiger partial charge in [-0.2, -0.15) is 22.8 Å². The molecule has 0 radical (unpaired) electrons. The van der Waals surface area contributed by atoms with E-state index in [0.29, 0.717) is 11.1 Å². The van der Waals surface area contributed by atoms with Gasteiger partial charge < -0.3 is 0 Å². The average Bonchev–Trinajstić information content (AvgIpc) is 2.37. The van der Waals surface area contributed by atoms with Gasteiger partial charge in [0.05, 0.1) is 23.7 Å². The van der Waals surface area contributed by atoms with Crippen LogP contribution in [-0.2, 0) is 12.6 Å². The highest BCUT2D eigenvalue weighted by atomic mass is 19.4. The quantitative estimate of drug-likeness (QED) is 0.616. The minimum atomic E-state index is -4.42. The lowest BCUT2D eigenvalue weighted by Gasteiger charge is -2.08. The summed E-state index contributed by atoms with van der Waals surface area (Å²) in [6.45, 7) is 0. The number of rotatable bonds is 2. The predicted octanol–water partition coefficient (Wildman–Crippen LogP) is 3.97. The number of nitrogens with zero attached hydrogens (tertiary/aromatic N) is 2. The van der Waals surface area contributed by atoms with Crippen LogP contribution in [0.25, 0.3) is 11.3 Å². The molecule has 102 valence electrons. The first kappa shape index (κ1) is 14.0. The zero-order chi connectivity index (χ0) is 14.8. The van der Waals surface area contributed by atoms with E-state index in [0.717, 1.165) is 18.2 Å². The van der Waals surface area contributed by atoms with Crippen LogP contribution in [-0.4, -0.2) is 4.98 Å². The molecule has 0 fully saturated rings. The number of alkyl halides is 3. The van der Waals surface area contributed by atoms with Crippen LogP contribution in [0.5, 0.6) is 0 Å². The summed E-state index contributed by atoms with van der Waals surface area (Å²) in [5.41, 5.74) is 0.200. The molecule has 0 saturated heterocycles. The van der Waals surface area contributed by atoms with Crippen molar-refractivity contribution in [1.82, 2.24) is 4.98 Å². The average molecular weight is 280 g/mol. The molecule has 0 spiro atoms. The van der Waals surface area contributed by atoms with Crippen LogP contribution in [0.15, 0.2) is 36.4 Å². The second-order valence-corrected chi connectivity index (χ2v) is 4.09. The van der Waals surface area contributed by atoms with Crippen molar-refractivity contribution in [3.05, 3.63) is 53.5 Å². The van der Waals surface area contributed by atoms with Crippen LogP contribution in [0.2, 0.25) is 0 Å². The Labute approximate surface area is 112 Å². The lowest BCUT2D eigenvalue weighted by molar-refractivity contribution is -0.137. The van der Waals surface area contributed by atoms with E-state index >= 15 is 0 Å². The van der Waals surface area contributed by atoms with Crippen molar-refractivity contribution in [2.75, 3.05) is 0 Å². The standard InChI is InChI=1S/C14H8F4N2/c15-13-8-9(5-6-19)7-12(20-13)10-1-3-11(4-2-10)14(16,17)18/h1-4,7-8H,5H2. The molecule has 0 unspecified atom stereocenters. The molecule has 6 heteroatoms. The normalized spacial score (nSPS) is 11.2. The molecule has 1 aromatic carbocycles. The Bertz CT molecular complexity index is 654. The molecule has 0 amide bonds. The van der Waals surface area contributed by atoms with E-state index in [-0.39, 0.29) is 12.1 Å². The molecule has 20 heavy (non-hydrogen) atoms. The summed E-state index contributed by atoms with van der Waals surface area (Å²) in [4.78, 5) is 3.62. The molecule has 0 N–H and O–H groups in total. The van der Waals surface area contributed by atoms with E-state index in [9.17, 15) is 17.6 Å². The highest BCUT2D eigenvalue weighted by Crippen LogP contribution is 2.30. The van der Waals surface area contributed by atoms with Crippen molar-refractivity contribution in [2.24, 2.45) is 0 Å². The first-order chi connectivity index (χ1) is 9.40. The molecule has 2 nitrogen and oxygen atoms in total. The molecule has 2 aromatic rings. The molecule has 0 atom stereocenters. The first-order valence-corrected chi connectivity index (χ1v) is 5.61. The Kier molecular flexibility index (Phi) is 3.70. The van der Waals surface area contributed by atoms with Crippen molar-refractivity contribution in [1.29, 1.82) is 5.26 Å². The van der Waals surface area contributed by atoms with Gasteiger partial charge in [0.15, 0.2) is 0 Å². The Morgan fingerprint density at radius 2 is 1.75 bits per heavy atom. The highest BCUT2D eigenvalue weighted by molar-refractivity contribution is 5.60. The molecular formula is C14H8F4N2. The Balaban J connectivity index is 2.39.